The van der Waals surface area contributed by atoms with E-state index in [9.17, 15) is 4.79 Å². The Balaban J connectivity index is 1.30. The Morgan fingerprint density at radius 1 is 1.07 bits per heavy atom. The zero-order valence-corrected chi connectivity index (χ0v) is 16.9. The van der Waals surface area contributed by atoms with E-state index >= 15 is 0 Å². The lowest BCUT2D eigenvalue weighted by Crippen LogP contribution is -2.29. The molecule has 2 aromatic rings. The first kappa shape index (κ1) is 19.9. The molecule has 2 heterocycles. The maximum Gasteiger partial charge on any atom is 0.255 e. The molecular weight excluding hydrogens is 364 g/mol. The van der Waals surface area contributed by atoms with Gasteiger partial charge in [0.2, 0.25) is 0 Å². The van der Waals surface area contributed by atoms with Gasteiger partial charge < -0.3 is 14.8 Å². The smallest absolute Gasteiger partial charge is 0.255 e. The lowest BCUT2D eigenvalue weighted by molar-refractivity contribution is 0.0679. The van der Waals surface area contributed by atoms with Crippen LogP contribution in [0.4, 0.5) is 5.69 Å². The summed E-state index contributed by atoms with van der Waals surface area (Å²) < 4.78 is 11.3. The van der Waals surface area contributed by atoms with Crippen LogP contribution >= 0.6 is 0 Å². The SMILES string of the molecule is O=C(Nc1cccc(CN2CCCCC2)c1)c1ccc(OCC2CCCO2)cc1. The van der Waals surface area contributed by atoms with Crippen molar-refractivity contribution in [3.05, 3.63) is 59.7 Å². The van der Waals surface area contributed by atoms with E-state index in [0.717, 1.165) is 50.5 Å². The molecular formula is C24H30N2O3. The standard InChI is InChI=1S/C24H30N2O3/c27-24(20-9-11-22(12-10-20)29-18-23-8-5-15-28-23)25-21-7-4-6-19(16-21)17-26-13-2-1-3-14-26/h4,6-7,9-12,16,23H,1-3,5,8,13-15,17-18H2,(H,25,27). The molecule has 154 valence electrons. The number of hydrogen-bond donors (Lipinski definition) is 1. The van der Waals surface area contributed by atoms with E-state index in [1.165, 1.54) is 24.8 Å². The van der Waals surface area contributed by atoms with Crippen molar-refractivity contribution in [1.82, 2.24) is 4.90 Å². The summed E-state index contributed by atoms with van der Waals surface area (Å²) in [5.74, 6) is 0.659. The molecule has 1 N–H and O–H groups in total. The second-order valence-electron chi connectivity index (χ2n) is 7.96. The molecule has 2 aliphatic heterocycles. The highest BCUT2D eigenvalue weighted by Gasteiger charge is 2.16. The van der Waals surface area contributed by atoms with Gasteiger partial charge in [0.1, 0.15) is 12.4 Å². The Labute approximate surface area is 173 Å². The van der Waals surface area contributed by atoms with Crippen LogP contribution in [0.15, 0.2) is 48.5 Å². The van der Waals surface area contributed by atoms with Gasteiger partial charge >= 0.3 is 0 Å². The van der Waals surface area contributed by atoms with Gasteiger partial charge in [0, 0.05) is 24.4 Å². The molecule has 5 heteroatoms. The number of amides is 1. The van der Waals surface area contributed by atoms with Crippen molar-refractivity contribution >= 4 is 11.6 Å². The normalized spacial score (nSPS) is 19.8. The Morgan fingerprint density at radius 2 is 1.90 bits per heavy atom. The van der Waals surface area contributed by atoms with E-state index in [1.807, 2.05) is 24.3 Å². The molecule has 4 rings (SSSR count). The largest absolute Gasteiger partial charge is 0.491 e. The average molecular weight is 395 g/mol. The molecule has 1 amide bonds. The van der Waals surface area contributed by atoms with Gasteiger partial charge in [-0.15, -0.1) is 0 Å². The minimum Gasteiger partial charge on any atom is -0.491 e. The van der Waals surface area contributed by atoms with Gasteiger partial charge in [0.05, 0.1) is 6.10 Å². The third-order valence-corrected chi connectivity index (χ3v) is 5.62. The number of carbonyl (C=O) groups excluding carboxylic acids is 1. The van der Waals surface area contributed by atoms with Crippen molar-refractivity contribution in [2.75, 3.05) is 31.6 Å². The van der Waals surface area contributed by atoms with Crippen molar-refractivity contribution in [2.24, 2.45) is 0 Å². The van der Waals surface area contributed by atoms with E-state index in [0.29, 0.717) is 12.2 Å². The number of nitrogens with zero attached hydrogens (tertiary/aromatic N) is 1. The van der Waals surface area contributed by atoms with Crippen LogP contribution in [0.25, 0.3) is 0 Å². The highest BCUT2D eigenvalue weighted by atomic mass is 16.5. The van der Waals surface area contributed by atoms with Crippen LogP contribution in [0.5, 0.6) is 5.75 Å². The molecule has 1 atom stereocenters. The predicted molar refractivity (Wildman–Crippen MR) is 114 cm³/mol. The molecule has 1 unspecified atom stereocenters. The summed E-state index contributed by atoms with van der Waals surface area (Å²) in [6, 6.07) is 15.5. The zero-order chi connectivity index (χ0) is 19.9. The molecule has 2 aliphatic rings. The van der Waals surface area contributed by atoms with Crippen LogP contribution in [0.2, 0.25) is 0 Å². The lowest BCUT2D eigenvalue weighted by atomic mass is 10.1. The first-order valence-electron chi connectivity index (χ1n) is 10.7. The van der Waals surface area contributed by atoms with Gasteiger partial charge in [-0.05, 0) is 80.7 Å². The van der Waals surface area contributed by atoms with E-state index in [2.05, 4.69) is 22.3 Å². The number of carbonyl (C=O) groups is 1. The molecule has 5 nitrogen and oxygen atoms in total. The second kappa shape index (κ2) is 9.90. The maximum absolute atomic E-state index is 12.6. The first-order chi connectivity index (χ1) is 14.3. The summed E-state index contributed by atoms with van der Waals surface area (Å²) in [5, 5.41) is 3.01. The third-order valence-electron chi connectivity index (χ3n) is 5.62. The summed E-state index contributed by atoms with van der Waals surface area (Å²) in [6.45, 7) is 4.66. The van der Waals surface area contributed by atoms with Crippen molar-refractivity contribution < 1.29 is 14.3 Å². The van der Waals surface area contributed by atoms with Gasteiger partial charge in [-0.3, -0.25) is 9.69 Å². The molecule has 2 aromatic carbocycles. The van der Waals surface area contributed by atoms with Gasteiger partial charge in [-0.2, -0.15) is 0 Å². The second-order valence-corrected chi connectivity index (χ2v) is 7.96. The average Bonchev–Trinajstić information content (AvgIpc) is 3.27. The Morgan fingerprint density at radius 3 is 2.66 bits per heavy atom. The molecule has 0 aliphatic carbocycles. The Bertz CT molecular complexity index is 794. The minimum atomic E-state index is -0.106. The van der Waals surface area contributed by atoms with Crippen molar-refractivity contribution in [3.63, 3.8) is 0 Å². The predicted octanol–water partition coefficient (Wildman–Crippen LogP) is 4.48. The summed E-state index contributed by atoms with van der Waals surface area (Å²) in [4.78, 5) is 15.1. The van der Waals surface area contributed by atoms with Gasteiger partial charge in [0.25, 0.3) is 5.91 Å². The number of hydrogen-bond acceptors (Lipinski definition) is 4. The van der Waals surface area contributed by atoms with Gasteiger partial charge in [-0.25, -0.2) is 0 Å². The number of anilines is 1. The summed E-state index contributed by atoms with van der Waals surface area (Å²) in [5.41, 5.74) is 2.70. The quantitative estimate of drug-likeness (QED) is 0.752. The van der Waals surface area contributed by atoms with E-state index < -0.39 is 0 Å². The summed E-state index contributed by atoms with van der Waals surface area (Å²) in [6.07, 6.45) is 6.25. The summed E-state index contributed by atoms with van der Waals surface area (Å²) >= 11 is 0. The van der Waals surface area contributed by atoms with Crippen LogP contribution in [0.3, 0.4) is 0 Å². The van der Waals surface area contributed by atoms with Crippen molar-refractivity contribution in [1.29, 1.82) is 0 Å². The minimum absolute atomic E-state index is 0.106. The summed E-state index contributed by atoms with van der Waals surface area (Å²) in [7, 11) is 0. The fraction of sp³-hybridized carbons (Fsp3) is 0.458. The van der Waals surface area contributed by atoms with E-state index in [-0.39, 0.29) is 12.0 Å². The number of likely N-dealkylation sites (tertiary alicyclic amines) is 1. The molecule has 2 fully saturated rings. The van der Waals surface area contributed by atoms with Crippen LogP contribution in [-0.2, 0) is 11.3 Å². The fourth-order valence-electron chi connectivity index (χ4n) is 3.99. The highest BCUT2D eigenvalue weighted by Crippen LogP contribution is 2.19. The van der Waals surface area contributed by atoms with E-state index in [1.54, 1.807) is 12.1 Å². The molecule has 0 saturated carbocycles. The van der Waals surface area contributed by atoms with E-state index in [4.69, 9.17) is 9.47 Å². The zero-order valence-electron chi connectivity index (χ0n) is 16.9. The third kappa shape index (κ3) is 5.81. The molecule has 0 radical (unpaired) electrons. The van der Waals surface area contributed by atoms with Crippen molar-refractivity contribution in [3.8, 4) is 5.75 Å². The molecule has 29 heavy (non-hydrogen) atoms. The molecule has 0 spiro atoms. The first-order valence-corrected chi connectivity index (χ1v) is 10.7. The van der Waals surface area contributed by atoms with Crippen LogP contribution in [0, 0.1) is 0 Å². The number of rotatable bonds is 7. The lowest BCUT2D eigenvalue weighted by Gasteiger charge is -2.26. The number of nitrogens with one attached hydrogen (secondary N) is 1. The van der Waals surface area contributed by atoms with Gasteiger partial charge in [-0.1, -0.05) is 18.6 Å². The Kier molecular flexibility index (Phi) is 6.80. The number of ether oxygens (including phenoxy) is 2. The van der Waals surface area contributed by atoms with Crippen LogP contribution < -0.4 is 10.1 Å². The molecule has 2 saturated heterocycles. The monoisotopic (exact) mass is 394 g/mol. The Hall–Kier alpha value is -2.37. The number of piperidine rings is 1. The van der Waals surface area contributed by atoms with Crippen LogP contribution in [-0.4, -0.2) is 43.2 Å². The van der Waals surface area contributed by atoms with Crippen LogP contribution in [0.1, 0.15) is 48.0 Å². The maximum atomic E-state index is 12.6. The fourth-order valence-corrected chi connectivity index (χ4v) is 3.99. The highest BCUT2D eigenvalue weighted by molar-refractivity contribution is 6.04. The topological polar surface area (TPSA) is 50.8 Å². The van der Waals surface area contributed by atoms with Crippen molar-refractivity contribution in [2.45, 2.75) is 44.8 Å². The molecule has 0 aromatic heterocycles. The van der Waals surface area contributed by atoms with Gasteiger partial charge in [0.15, 0.2) is 0 Å². The number of benzene rings is 2. The molecule has 0 bridgehead atoms.